The Bertz CT molecular complexity index is 472. The van der Waals surface area contributed by atoms with Gasteiger partial charge in [0.2, 0.25) is 0 Å². The Morgan fingerprint density at radius 2 is 2.05 bits per heavy atom. The van der Waals surface area contributed by atoms with Crippen LogP contribution in [0.2, 0.25) is 0 Å². The van der Waals surface area contributed by atoms with Crippen molar-refractivity contribution in [1.82, 2.24) is 5.32 Å². The minimum Gasteiger partial charge on any atom is -0.388 e. The lowest BCUT2D eigenvalue weighted by atomic mass is 10.00. The largest absolute Gasteiger partial charge is 0.388 e. The second-order valence-electron chi connectivity index (χ2n) is 6.27. The molecule has 118 valence electrons. The third-order valence-electron chi connectivity index (χ3n) is 4.44. The molecule has 1 aliphatic rings. The van der Waals surface area contributed by atoms with Crippen LogP contribution in [0.15, 0.2) is 22.7 Å². The molecule has 1 saturated carbocycles. The summed E-state index contributed by atoms with van der Waals surface area (Å²) in [6.07, 6.45) is 4.13. The summed E-state index contributed by atoms with van der Waals surface area (Å²) < 4.78 is 1.10. The molecule has 4 heteroatoms. The average molecular weight is 355 g/mol. The van der Waals surface area contributed by atoms with Crippen molar-refractivity contribution >= 4 is 21.6 Å². The topological polar surface area (TPSA) is 35.5 Å². The van der Waals surface area contributed by atoms with E-state index in [1.54, 1.807) is 0 Å². The fourth-order valence-corrected chi connectivity index (χ4v) is 3.73. The second kappa shape index (κ2) is 7.12. The van der Waals surface area contributed by atoms with Crippen molar-refractivity contribution in [2.24, 2.45) is 0 Å². The maximum Gasteiger partial charge on any atom is 0.0821 e. The van der Waals surface area contributed by atoms with Crippen LogP contribution in [0.5, 0.6) is 0 Å². The molecular weight excluding hydrogens is 328 g/mol. The fraction of sp³-hybridized carbons (Fsp3) is 0.647. The zero-order chi connectivity index (χ0) is 15.5. The first kappa shape index (κ1) is 16.8. The van der Waals surface area contributed by atoms with Crippen LogP contribution in [0.3, 0.4) is 0 Å². The van der Waals surface area contributed by atoms with E-state index in [9.17, 15) is 5.11 Å². The van der Waals surface area contributed by atoms with Gasteiger partial charge >= 0.3 is 0 Å². The fourth-order valence-electron chi connectivity index (χ4n) is 3.35. The third kappa shape index (κ3) is 4.21. The number of anilines is 1. The molecule has 0 aliphatic heterocycles. The first-order chi connectivity index (χ1) is 9.95. The molecule has 0 amide bonds. The predicted molar refractivity (Wildman–Crippen MR) is 92.9 cm³/mol. The molecule has 0 saturated heterocycles. The third-order valence-corrected chi connectivity index (χ3v) is 4.94. The minimum absolute atomic E-state index is 0.295. The Kier molecular flexibility index (Phi) is 5.69. The number of likely N-dealkylation sites (N-methyl/N-ethyl adjacent to an activating group) is 1. The van der Waals surface area contributed by atoms with Gasteiger partial charge in [0.1, 0.15) is 0 Å². The predicted octanol–water partition coefficient (Wildman–Crippen LogP) is 3.86. The van der Waals surface area contributed by atoms with Crippen LogP contribution < -0.4 is 10.2 Å². The van der Waals surface area contributed by atoms with E-state index >= 15 is 0 Å². The number of aliphatic hydroxyl groups is 1. The number of nitrogens with zero attached hydrogens (tertiary/aromatic N) is 1. The number of rotatable bonds is 6. The van der Waals surface area contributed by atoms with Gasteiger partial charge in [-0.1, -0.05) is 35.7 Å². The summed E-state index contributed by atoms with van der Waals surface area (Å²) in [5, 5.41) is 14.1. The van der Waals surface area contributed by atoms with E-state index in [4.69, 9.17) is 0 Å². The van der Waals surface area contributed by atoms with Crippen LogP contribution in [0.1, 0.15) is 51.1 Å². The quantitative estimate of drug-likeness (QED) is 0.813. The highest BCUT2D eigenvalue weighted by Crippen LogP contribution is 2.34. The molecule has 0 bridgehead atoms. The van der Waals surface area contributed by atoms with Gasteiger partial charge in [-0.25, -0.2) is 0 Å². The van der Waals surface area contributed by atoms with Gasteiger partial charge in [-0.15, -0.1) is 0 Å². The van der Waals surface area contributed by atoms with Crippen molar-refractivity contribution in [2.75, 3.05) is 25.0 Å². The van der Waals surface area contributed by atoms with Gasteiger partial charge in [0, 0.05) is 29.8 Å². The summed E-state index contributed by atoms with van der Waals surface area (Å²) in [5.74, 6) is 0. The zero-order valence-electron chi connectivity index (χ0n) is 13.3. The van der Waals surface area contributed by atoms with Crippen LogP contribution in [0.25, 0.3) is 0 Å². The van der Waals surface area contributed by atoms with Crippen LogP contribution in [-0.4, -0.2) is 30.8 Å². The summed E-state index contributed by atoms with van der Waals surface area (Å²) in [5.41, 5.74) is 1.96. The SMILES string of the molecule is CCNC(C)c1cc(Br)ccc1N(C)CC1(O)CCCC1. The van der Waals surface area contributed by atoms with Gasteiger partial charge in [-0.2, -0.15) is 0 Å². The Morgan fingerprint density at radius 1 is 1.38 bits per heavy atom. The van der Waals surface area contributed by atoms with E-state index in [-0.39, 0.29) is 0 Å². The molecule has 1 aromatic carbocycles. The van der Waals surface area contributed by atoms with Crippen LogP contribution in [-0.2, 0) is 0 Å². The first-order valence-electron chi connectivity index (χ1n) is 7.91. The van der Waals surface area contributed by atoms with E-state index in [1.165, 1.54) is 11.3 Å². The van der Waals surface area contributed by atoms with Crippen molar-refractivity contribution in [3.05, 3.63) is 28.2 Å². The Balaban J connectivity index is 2.21. The lowest BCUT2D eigenvalue weighted by Crippen LogP contribution is -2.39. The minimum atomic E-state index is -0.513. The number of nitrogens with one attached hydrogen (secondary N) is 1. The van der Waals surface area contributed by atoms with Crippen molar-refractivity contribution < 1.29 is 5.11 Å². The molecule has 1 aliphatic carbocycles. The summed E-state index contributed by atoms with van der Waals surface area (Å²) in [6.45, 7) is 5.97. The maximum atomic E-state index is 10.6. The summed E-state index contributed by atoms with van der Waals surface area (Å²) in [4.78, 5) is 2.21. The summed E-state index contributed by atoms with van der Waals surface area (Å²) in [6, 6.07) is 6.69. The molecule has 1 aromatic rings. The Morgan fingerprint density at radius 3 is 2.67 bits per heavy atom. The molecule has 2 rings (SSSR count). The van der Waals surface area contributed by atoms with Crippen molar-refractivity contribution in [3.63, 3.8) is 0 Å². The summed E-state index contributed by atoms with van der Waals surface area (Å²) >= 11 is 3.57. The van der Waals surface area contributed by atoms with Gasteiger partial charge in [-0.3, -0.25) is 0 Å². The van der Waals surface area contributed by atoms with Crippen molar-refractivity contribution in [3.8, 4) is 0 Å². The molecule has 1 atom stereocenters. The molecule has 0 heterocycles. The van der Waals surface area contributed by atoms with Gasteiger partial charge in [-0.05, 0) is 50.1 Å². The molecule has 0 radical (unpaired) electrons. The average Bonchev–Trinajstić information content (AvgIpc) is 2.85. The highest BCUT2D eigenvalue weighted by atomic mass is 79.9. The van der Waals surface area contributed by atoms with E-state index in [1.807, 2.05) is 0 Å². The van der Waals surface area contributed by atoms with E-state index in [0.717, 1.165) is 36.7 Å². The van der Waals surface area contributed by atoms with E-state index in [2.05, 4.69) is 65.2 Å². The molecular formula is C17H27BrN2O. The van der Waals surface area contributed by atoms with Crippen molar-refractivity contribution in [1.29, 1.82) is 0 Å². The number of halogens is 1. The zero-order valence-corrected chi connectivity index (χ0v) is 14.9. The highest BCUT2D eigenvalue weighted by molar-refractivity contribution is 9.10. The Labute approximate surface area is 136 Å². The lowest BCUT2D eigenvalue weighted by Gasteiger charge is -2.32. The summed E-state index contributed by atoms with van der Waals surface area (Å²) in [7, 11) is 2.09. The van der Waals surface area contributed by atoms with E-state index in [0.29, 0.717) is 12.6 Å². The smallest absolute Gasteiger partial charge is 0.0821 e. The van der Waals surface area contributed by atoms with Gasteiger partial charge < -0.3 is 15.3 Å². The maximum absolute atomic E-state index is 10.6. The molecule has 21 heavy (non-hydrogen) atoms. The normalized spacial score (nSPS) is 18.7. The monoisotopic (exact) mass is 354 g/mol. The molecule has 1 unspecified atom stereocenters. The highest BCUT2D eigenvalue weighted by Gasteiger charge is 2.32. The van der Waals surface area contributed by atoms with Gasteiger partial charge in [0.15, 0.2) is 0 Å². The number of benzene rings is 1. The van der Waals surface area contributed by atoms with Gasteiger partial charge in [0.25, 0.3) is 0 Å². The molecule has 0 spiro atoms. The second-order valence-corrected chi connectivity index (χ2v) is 7.19. The standard InChI is InChI=1S/C17H27BrN2O/c1-4-19-13(2)15-11-14(18)7-8-16(15)20(3)12-17(21)9-5-6-10-17/h7-8,11,13,19,21H,4-6,9-10,12H2,1-3H3. The molecule has 3 nitrogen and oxygen atoms in total. The van der Waals surface area contributed by atoms with Crippen molar-refractivity contribution in [2.45, 2.75) is 51.2 Å². The van der Waals surface area contributed by atoms with Crippen LogP contribution in [0, 0.1) is 0 Å². The van der Waals surface area contributed by atoms with Crippen LogP contribution >= 0.6 is 15.9 Å². The molecule has 1 fully saturated rings. The number of hydrogen-bond acceptors (Lipinski definition) is 3. The molecule has 2 N–H and O–H groups in total. The first-order valence-corrected chi connectivity index (χ1v) is 8.71. The lowest BCUT2D eigenvalue weighted by molar-refractivity contribution is 0.0559. The molecule has 0 aromatic heterocycles. The van der Waals surface area contributed by atoms with E-state index < -0.39 is 5.60 Å². The van der Waals surface area contributed by atoms with Gasteiger partial charge in [0.05, 0.1) is 5.60 Å². The van der Waals surface area contributed by atoms with Crippen LogP contribution in [0.4, 0.5) is 5.69 Å². The number of hydrogen-bond donors (Lipinski definition) is 2. The Hall–Kier alpha value is -0.580.